The maximum Gasteiger partial charge on any atom is 0.191 e. The molecule has 0 radical (unpaired) electrons. The summed E-state index contributed by atoms with van der Waals surface area (Å²) in [6, 6.07) is 15.3. The van der Waals surface area contributed by atoms with Gasteiger partial charge in [-0.1, -0.05) is 30.3 Å². The summed E-state index contributed by atoms with van der Waals surface area (Å²) in [6.45, 7) is 2.79. The third-order valence-electron chi connectivity index (χ3n) is 5.76. The average Bonchev–Trinajstić information content (AvgIpc) is 3.28. The third-order valence-corrected chi connectivity index (χ3v) is 6.70. The summed E-state index contributed by atoms with van der Waals surface area (Å²) < 4.78 is 0. The number of likely N-dealkylation sites (tertiary alicyclic amines) is 1. The molecule has 2 unspecified atom stereocenters. The van der Waals surface area contributed by atoms with Crippen LogP contribution in [-0.4, -0.2) is 43.0 Å². The van der Waals surface area contributed by atoms with E-state index in [1.54, 1.807) is 0 Å². The van der Waals surface area contributed by atoms with E-state index in [1.165, 1.54) is 35.2 Å². The molecule has 3 aromatic rings. The Kier molecular flexibility index (Phi) is 6.42. The Hall–Kier alpha value is -2.44. The van der Waals surface area contributed by atoms with E-state index in [-0.39, 0.29) is 0 Å². The van der Waals surface area contributed by atoms with Crippen molar-refractivity contribution >= 4 is 28.2 Å². The highest BCUT2D eigenvalue weighted by Crippen LogP contribution is 2.36. The van der Waals surface area contributed by atoms with Gasteiger partial charge < -0.3 is 10.6 Å². The van der Waals surface area contributed by atoms with Gasteiger partial charge in [0.25, 0.3) is 0 Å². The Bertz CT molecular complexity index is 948. The Morgan fingerprint density at radius 3 is 2.93 bits per heavy atom. The number of aromatic nitrogens is 1. The molecule has 3 heterocycles. The number of rotatable bonds is 5. The SMILES string of the molecule is CN=C(NCc1cccc2cccnc12)NCC1CCCN(C)C1c1cccs1. The van der Waals surface area contributed by atoms with Gasteiger partial charge in [-0.2, -0.15) is 0 Å². The molecule has 1 aromatic carbocycles. The molecule has 0 spiro atoms. The highest BCUT2D eigenvalue weighted by Gasteiger charge is 2.31. The first-order valence-corrected chi connectivity index (χ1v) is 11.1. The molecule has 1 fully saturated rings. The van der Waals surface area contributed by atoms with Crippen LogP contribution in [0, 0.1) is 5.92 Å². The number of nitrogens with zero attached hydrogens (tertiary/aromatic N) is 3. The number of hydrogen-bond donors (Lipinski definition) is 2. The lowest BCUT2D eigenvalue weighted by molar-refractivity contribution is 0.125. The number of benzene rings is 1. The van der Waals surface area contributed by atoms with Crippen molar-refractivity contribution in [1.82, 2.24) is 20.5 Å². The average molecular weight is 408 g/mol. The van der Waals surface area contributed by atoms with Crippen LogP contribution in [0.15, 0.2) is 59.0 Å². The van der Waals surface area contributed by atoms with E-state index in [4.69, 9.17) is 0 Å². The second-order valence-electron chi connectivity index (χ2n) is 7.64. The summed E-state index contributed by atoms with van der Waals surface area (Å²) in [5, 5.41) is 10.4. The van der Waals surface area contributed by atoms with Gasteiger partial charge in [-0.05, 0) is 55.4 Å². The number of thiophene rings is 1. The van der Waals surface area contributed by atoms with Crippen molar-refractivity contribution in [3.8, 4) is 0 Å². The molecule has 1 aliphatic heterocycles. The molecule has 4 rings (SSSR count). The van der Waals surface area contributed by atoms with Crippen LogP contribution in [0.1, 0.15) is 29.3 Å². The van der Waals surface area contributed by atoms with Crippen LogP contribution >= 0.6 is 11.3 Å². The van der Waals surface area contributed by atoms with Crippen LogP contribution in [0.3, 0.4) is 0 Å². The summed E-state index contributed by atoms with van der Waals surface area (Å²) in [4.78, 5) is 12.9. The lowest BCUT2D eigenvalue weighted by Crippen LogP contribution is -2.44. The highest BCUT2D eigenvalue weighted by atomic mass is 32.1. The van der Waals surface area contributed by atoms with Gasteiger partial charge >= 0.3 is 0 Å². The number of hydrogen-bond acceptors (Lipinski definition) is 4. The van der Waals surface area contributed by atoms with Crippen molar-refractivity contribution in [1.29, 1.82) is 0 Å². The molecule has 0 aliphatic carbocycles. The molecule has 0 amide bonds. The molecule has 29 heavy (non-hydrogen) atoms. The number of fused-ring (bicyclic) bond motifs is 1. The first kappa shape index (κ1) is 19.9. The first-order valence-electron chi connectivity index (χ1n) is 10.3. The van der Waals surface area contributed by atoms with Crippen molar-refractivity contribution < 1.29 is 0 Å². The van der Waals surface area contributed by atoms with E-state index in [0.29, 0.717) is 18.5 Å². The number of para-hydroxylation sites is 1. The smallest absolute Gasteiger partial charge is 0.191 e. The van der Waals surface area contributed by atoms with Gasteiger partial charge in [0, 0.05) is 42.6 Å². The minimum Gasteiger partial charge on any atom is -0.356 e. The van der Waals surface area contributed by atoms with Crippen LogP contribution in [0.25, 0.3) is 10.9 Å². The van der Waals surface area contributed by atoms with Crippen molar-refractivity contribution in [2.45, 2.75) is 25.4 Å². The van der Waals surface area contributed by atoms with Gasteiger partial charge in [-0.3, -0.25) is 14.9 Å². The number of piperidine rings is 1. The van der Waals surface area contributed by atoms with Crippen LogP contribution < -0.4 is 10.6 Å². The number of guanidine groups is 1. The van der Waals surface area contributed by atoms with E-state index in [0.717, 1.165) is 18.0 Å². The predicted molar refractivity (Wildman–Crippen MR) is 122 cm³/mol. The molecule has 6 heteroatoms. The fourth-order valence-corrected chi connectivity index (χ4v) is 5.30. The third kappa shape index (κ3) is 4.60. The summed E-state index contributed by atoms with van der Waals surface area (Å²) in [5.41, 5.74) is 2.23. The van der Waals surface area contributed by atoms with Crippen molar-refractivity contribution in [3.63, 3.8) is 0 Å². The molecule has 2 N–H and O–H groups in total. The van der Waals surface area contributed by atoms with Gasteiger partial charge in [0.15, 0.2) is 5.96 Å². The van der Waals surface area contributed by atoms with Crippen molar-refractivity contribution in [2.24, 2.45) is 10.9 Å². The van der Waals surface area contributed by atoms with E-state index in [9.17, 15) is 0 Å². The van der Waals surface area contributed by atoms with Gasteiger partial charge in [-0.25, -0.2) is 0 Å². The zero-order chi connectivity index (χ0) is 20.1. The van der Waals surface area contributed by atoms with Crippen molar-refractivity contribution in [2.75, 3.05) is 27.2 Å². The number of nitrogens with one attached hydrogen (secondary N) is 2. The maximum atomic E-state index is 4.55. The summed E-state index contributed by atoms with van der Waals surface area (Å²) in [7, 11) is 4.08. The van der Waals surface area contributed by atoms with Gasteiger partial charge in [-0.15, -0.1) is 11.3 Å². The lowest BCUT2D eigenvalue weighted by Gasteiger charge is -2.39. The van der Waals surface area contributed by atoms with Crippen molar-refractivity contribution in [3.05, 3.63) is 64.5 Å². The maximum absolute atomic E-state index is 4.55. The second kappa shape index (κ2) is 9.37. The van der Waals surface area contributed by atoms with Crippen LogP contribution in [-0.2, 0) is 6.54 Å². The van der Waals surface area contributed by atoms with Crippen LogP contribution in [0.2, 0.25) is 0 Å². The Morgan fingerprint density at radius 2 is 2.10 bits per heavy atom. The summed E-state index contributed by atoms with van der Waals surface area (Å²) in [6.07, 6.45) is 4.34. The second-order valence-corrected chi connectivity index (χ2v) is 8.62. The van der Waals surface area contributed by atoms with Crippen LogP contribution in [0.4, 0.5) is 0 Å². The fraction of sp³-hybridized carbons (Fsp3) is 0.391. The van der Waals surface area contributed by atoms with Crippen LogP contribution in [0.5, 0.6) is 0 Å². The quantitative estimate of drug-likeness (QED) is 0.495. The molecular weight excluding hydrogens is 378 g/mol. The zero-order valence-electron chi connectivity index (χ0n) is 17.1. The fourth-order valence-electron chi connectivity index (χ4n) is 4.32. The Balaban J connectivity index is 1.39. The van der Waals surface area contributed by atoms with E-state index >= 15 is 0 Å². The van der Waals surface area contributed by atoms with E-state index < -0.39 is 0 Å². The molecule has 1 saturated heterocycles. The summed E-state index contributed by atoms with van der Waals surface area (Å²) in [5.74, 6) is 1.42. The topological polar surface area (TPSA) is 52.6 Å². The molecule has 1 aliphatic rings. The number of pyridine rings is 1. The minimum atomic E-state index is 0.483. The molecule has 2 atom stereocenters. The van der Waals surface area contributed by atoms with Gasteiger partial charge in [0.2, 0.25) is 0 Å². The zero-order valence-corrected chi connectivity index (χ0v) is 18.0. The predicted octanol–water partition coefficient (Wildman–Crippen LogP) is 4.04. The molecule has 2 aromatic heterocycles. The monoisotopic (exact) mass is 407 g/mol. The van der Waals surface area contributed by atoms with Gasteiger partial charge in [0.05, 0.1) is 5.52 Å². The van der Waals surface area contributed by atoms with E-state index in [1.807, 2.05) is 30.6 Å². The molecule has 0 saturated carbocycles. The molecule has 5 nitrogen and oxygen atoms in total. The highest BCUT2D eigenvalue weighted by molar-refractivity contribution is 7.10. The standard InChI is InChI=1S/C23H29N5S/c1-24-23(26-15-18-8-3-7-17-9-4-12-25-21(17)18)27-16-19-10-5-13-28(2)22(19)20-11-6-14-29-20/h3-4,6-9,11-12,14,19,22H,5,10,13,15-16H2,1-2H3,(H2,24,26,27). The first-order chi connectivity index (χ1) is 14.3. The van der Waals surface area contributed by atoms with Gasteiger partial charge in [0.1, 0.15) is 0 Å². The summed E-state index contributed by atoms with van der Waals surface area (Å²) >= 11 is 1.86. The number of aliphatic imine (C=N–C) groups is 1. The Morgan fingerprint density at radius 1 is 1.21 bits per heavy atom. The lowest BCUT2D eigenvalue weighted by atomic mass is 9.88. The Labute approximate surface area is 176 Å². The van der Waals surface area contributed by atoms with E-state index in [2.05, 4.69) is 74.3 Å². The normalized spacial score (nSPS) is 20.7. The molecule has 152 valence electrons. The molecule has 0 bridgehead atoms. The largest absolute Gasteiger partial charge is 0.356 e. The minimum absolute atomic E-state index is 0.483. The molecular formula is C23H29N5S.